The van der Waals surface area contributed by atoms with Crippen LogP contribution in [0.4, 0.5) is 0 Å². The Morgan fingerprint density at radius 2 is 0.413 bits per heavy atom. The van der Waals surface area contributed by atoms with Gasteiger partial charge in [-0.15, -0.1) is 58.7 Å². The first kappa shape index (κ1) is 97.1. The smallest absolute Gasteiger partial charge is 0.366 e. The van der Waals surface area contributed by atoms with Crippen LogP contribution >= 0.6 is 31.7 Å². The Kier molecular flexibility index (Phi) is 34.2. The summed E-state index contributed by atoms with van der Waals surface area (Å²) in [5.41, 5.74) is 24.3. The zero-order chi connectivity index (χ0) is 84.8. The fraction of sp³-hybridized carbons (Fsp3) is 0.119. The Bertz CT molecular complexity index is 5900. The van der Waals surface area contributed by atoms with E-state index in [4.69, 9.17) is 25.7 Å². The Hall–Kier alpha value is -9.56. The number of hydrogen-bond donors (Lipinski definition) is 0. The molecule has 4 aliphatic carbocycles. The van der Waals surface area contributed by atoms with Crippen molar-refractivity contribution in [2.75, 3.05) is 11.8 Å². The van der Waals surface area contributed by atoms with Crippen molar-refractivity contribution in [1.82, 2.24) is 0 Å². The van der Waals surface area contributed by atoms with E-state index in [0.29, 0.717) is 0 Å². The summed E-state index contributed by atoms with van der Waals surface area (Å²) < 4.78 is 0. The van der Waals surface area contributed by atoms with Crippen LogP contribution in [0.1, 0.15) is 122 Å². The van der Waals surface area contributed by atoms with Crippen LogP contribution in [0.15, 0.2) is 413 Å². The molecule has 8 heteroatoms. The number of rotatable bonds is 12. The number of fused-ring (bicyclic) bond motifs is 12. The van der Waals surface area contributed by atoms with Crippen molar-refractivity contribution in [3.8, 4) is 68.2 Å². The van der Waals surface area contributed by atoms with Crippen LogP contribution < -0.4 is 42.4 Å². The molecule has 0 fully saturated rings. The van der Waals surface area contributed by atoms with Crippen LogP contribution in [0.25, 0.3) is 44.5 Å². The fourth-order valence-corrected chi connectivity index (χ4v) is 33.7. The molecule has 0 bridgehead atoms. The molecule has 4 aliphatic rings. The summed E-state index contributed by atoms with van der Waals surface area (Å²) in [5, 5.41) is 12.0. The molecule has 16 aromatic rings. The van der Waals surface area contributed by atoms with Gasteiger partial charge >= 0.3 is 89.5 Å². The Balaban J connectivity index is 0.000000148. The van der Waals surface area contributed by atoms with E-state index in [1.807, 2.05) is 36.4 Å². The van der Waals surface area contributed by atoms with Gasteiger partial charge in [-0.05, 0) is 175 Å². The second-order valence-electron chi connectivity index (χ2n) is 33.4. The average molecular weight is 2250 g/mol. The van der Waals surface area contributed by atoms with Crippen LogP contribution in [0, 0.1) is 49.4 Å². The predicted molar refractivity (Wildman–Crippen MR) is 533 cm³/mol. The molecule has 0 unspecified atom stereocenters. The average Bonchev–Trinajstić information content (AvgIpc) is 1.60. The Labute approximate surface area is 817 Å². The molecule has 0 radical (unpaired) electrons. The van der Waals surface area contributed by atoms with Gasteiger partial charge in [-0.1, -0.05) is 346 Å². The molecule has 0 saturated heterocycles. The van der Waals surface area contributed by atoms with Gasteiger partial charge in [0.05, 0.1) is 0 Å². The Morgan fingerprint density at radius 3 is 0.706 bits per heavy atom. The normalized spacial score (nSPS) is 12.8. The summed E-state index contributed by atoms with van der Waals surface area (Å²) in [7, 11) is -3.39. The zero-order valence-corrected chi connectivity index (χ0v) is 83.2. The summed E-state index contributed by atoms with van der Waals surface area (Å²) in [6, 6.07) is 148. The molecule has 0 atom stereocenters. The maximum Gasteiger partial charge on any atom is 1.00 e. The van der Waals surface area contributed by atoms with E-state index in [-0.39, 0.29) is 111 Å². The maximum atomic E-state index is 7.43. The van der Waals surface area contributed by atoms with E-state index in [0.717, 1.165) is 22.3 Å². The van der Waals surface area contributed by atoms with Crippen LogP contribution in [0.5, 0.6) is 0 Å². The van der Waals surface area contributed by atoms with Crippen LogP contribution in [0.3, 0.4) is 0 Å². The summed E-state index contributed by atoms with van der Waals surface area (Å²) in [6.45, 7) is 18.0. The van der Waals surface area contributed by atoms with E-state index >= 15 is 0 Å². The van der Waals surface area contributed by atoms with Crippen LogP contribution in [0.2, 0.25) is 0 Å². The largest absolute Gasteiger partial charge is 1.00 e. The van der Waals surface area contributed by atoms with Crippen molar-refractivity contribution >= 4 is 74.1 Å². The van der Waals surface area contributed by atoms with Crippen molar-refractivity contribution in [3.05, 3.63) is 505 Å². The minimum atomic E-state index is -0.847. The standard InChI is InChI=1S/2C25H22P2.4C17H13.2Ag.2Au/c2*1-5-13-22(14-6-1)26(23-15-7-2-8-16-23)21-27(24-17-9-3-10-18-24)25-19-11-4-12-20-25;2*1-4-12-8-7-11-15-16(12)13-9-5-6-10-14(13)17(15,2)3;1-4-12-9-10-16-14(11-12)13-7-5-6-8-15(13)17(16,2)3;1-4-12-9-10-14-13-7-5-6-8-15(13)17(2,3)16(14)11-12;;;;/h2*1-20H,21H2;4*5-11H,2-3H3;;;;/q;;4*-1;4*+1/p+4. The maximum absolute atomic E-state index is 7.43. The number of benzene rings is 16. The predicted octanol–water partition coefficient (Wildman–Crippen LogP) is 25.1. The topological polar surface area (TPSA) is 0 Å². The van der Waals surface area contributed by atoms with Crippen LogP contribution in [-0.4, -0.2) is 11.8 Å². The third kappa shape index (κ3) is 21.1. The van der Waals surface area contributed by atoms with Crippen molar-refractivity contribution in [3.63, 3.8) is 0 Å². The van der Waals surface area contributed by atoms with Gasteiger partial charge in [-0.2, -0.15) is 0 Å². The van der Waals surface area contributed by atoms with E-state index in [1.54, 1.807) is 0 Å². The minimum Gasteiger partial charge on any atom is -0.366 e. The first-order valence-electron chi connectivity index (χ1n) is 42.0. The molecule has 0 nitrogen and oxygen atoms in total. The van der Waals surface area contributed by atoms with Gasteiger partial charge in [-0.3, -0.25) is 23.7 Å². The van der Waals surface area contributed by atoms with Gasteiger partial charge < -0.3 is 25.7 Å². The summed E-state index contributed by atoms with van der Waals surface area (Å²) in [6.07, 6.45) is 29.4. The molecule has 0 saturated carbocycles. The fourth-order valence-electron chi connectivity index (χ4n) is 18.2. The molecule has 0 heterocycles. The van der Waals surface area contributed by atoms with Crippen molar-refractivity contribution in [2.24, 2.45) is 0 Å². The summed E-state index contributed by atoms with van der Waals surface area (Å²) >= 11 is 0. The van der Waals surface area contributed by atoms with E-state index < -0.39 is 31.7 Å². The first-order chi connectivity index (χ1) is 59.4. The molecule has 0 N–H and O–H groups in total. The van der Waals surface area contributed by atoms with Gasteiger partial charge in [0, 0.05) is 21.7 Å². The first-order valence-corrected chi connectivity index (χ1v) is 48.8. The molecule has 126 heavy (non-hydrogen) atoms. The summed E-state index contributed by atoms with van der Waals surface area (Å²) in [5.74, 6) is 12.5. The van der Waals surface area contributed by atoms with Crippen molar-refractivity contribution in [1.29, 1.82) is 0 Å². The minimum absolute atomic E-state index is 0. The molecule has 0 aliphatic heterocycles. The molecule has 632 valence electrons. The van der Waals surface area contributed by atoms with Gasteiger partial charge in [0.1, 0.15) is 74.1 Å². The van der Waals surface area contributed by atoms with Gasteiger partial charge in [-0.25, -0.2) is 0 Å². The van der Waals surface area contributed by atoms with E-state index in [2.05, 4.69) is 455 Å². The molecule has 16 aromatic carbocycles. The third-order valence-corrected chi connectivity index (χ3v) is 38.5. The van der Waals surface area contributed by atoms with Gasteiger partial charge in [0.25, 0.3) is 0 Å². The van der Waals surface area contributed by atoms with Crippen LogP contribution in [-0.2, 0) is 111 Å². The Morgan fingerprint density at radius 1 is 0.198 bits per heavy atom. The third-order valence-electron chi connectivity index (χ3n) is 24.6. The molecular formula is C118H100Ag2Au2P4+4. The monoisotopic (exact) mass is 2250 g/mol. The SMILES string of the molecule is [Ag+].[Ag+].[Au+].[Au+].[C-]#Cc1ccc2c(c1)-c1ccccc1C2(C)C.[C-]#Cc1ccc2c(c1)C(C)(C)c1ccccc1-2.[C-]#Cc1cccc2c1-c1ccccc1C2(C)C.[C-]#Cc1cccc2c1-c1ccccc1C2(C)C.c1ccc([PH+](C[PH+](c2ccccc2)c2ccccc2)c2ccccc2)cc1.c1ccc([PH+](C[PH+](c2ccccc2)c2ccccc2)c2ccccc2)cc1. The molecule has 20 rings (SSSR count). The second kappa shape index (κ2) is 44.4. The molecule has 0 spiro atoms. The van der Waals surface area contributed by atoms with E-state index in [1.165, 1.54) is 143 Å². The molecule has 0 aromatic heterocycles. The van der Waals surface area contributed by atoms with E-state index in [9.17, 15) is 0 Å². The second-order valence-corrected chi connectivity index (χ2v) is 44.6. The number of hydrogen-bond acceptors (Lipinski definition) is 0. The molecular weight excluding hydrogens is 2150 g/mol. The zero-order valence-electron chi connectivity index (χ0n) is 71.9. The molecule has 0 amide bonds. The quantitative estimate of drug-likeness (QED) is 0.0495. The van der Waals surface area contributed by atoms with Gasteiger partial charge in [0.2, 0.25) is 0 Å². The van der Waals surface area contributed by atoms with Crippen molar-refractivity contribution in [2.45, 2.75) is 77.0 Å². The summed E-state index contributed by atoms with van der Waals surface area (Å²) in [4.78, 5) is 0. The van der Waals surface area contributed by atoms with Crippen molar-refractivity contribution < 1.29 is 89.5 Å². The van der Waals surface area contributed by atoms with Gasteiger partial charge in [0.15, 0.2) is 11.8 Å².